The molecule has 4 nitrogen and oxygen atoms in total. The molecule has 0 aliphatic rings. The van der Waals surface area contributed by atoms with Gasteiger partial charge in [0.1, 0.15) is 5.82 Å². The number of thioether (sulfide) groups is 1. The lowest BCUT2D eigenvalue weighted by Gasteiger charge is -2.04. The van der Waals surface area contributed by atoms with Crippen LogP contribution in [-0.4, -0.2) is 27.3 Å². The van der Waals surface area contributed by atoms with Gasteiger partial charge in [-0.1, -0.05) is 59.8 Å². The van der Waals surface area contributed by atoms with Crippen molar-refractivity contribution in [1.82, 2.24) is 14.9 Å². The average molecular weight is 361 g/mol. The number of nitrogens with zero attached hydrogens (tertiary/aromatic N) is 4. The van der Waals surface area contributed by atoms with E-state index in [2.05, 4.69) is 15.3 Å². The minimum absolute atomic E-state index is 0.241. The third kappa shape index (κ3) is 3.66. The molecule has 3 rings (SSSR count). The van der Waals surface area contributed by atoms with Crippen LogP contribution < -0.4 is 0 Å². The zero-order chi connectivity index (χ0) is 16.9. The van der Waals surface area contributed by atoms with Crippen molar-refractivity contribution in [2.24, 2.45) is 5.10 Å². The third-order valence-electron chi connectivity index (χ3n) is 3.37. The van der Waals surface area contributed by atoms with Crippen molar-refractivity contribution in [2.75, 3.05) is 6.26 Å². The van der Waals surface area contributed by atoms with Crippen molar-refractivity contribution in [2.45, 2.75) is 11.6 Å². The average Bonchev–Trinajstić information content (AvgIpc) is 2.97. The highest BCUT2D eigenvalue weighted by atomic mass is 35.5. The predicted molar refractivity (Wildman–Crippen MR) is 95.5 cm³/mol. The first-order valence-electron chi connectivity index (χ1n) is 7.19. The molecule has 0 atom stereocenters. The van der Waals surface area contributed by atoms with Crippen molar-refractivity contribution in [3.8, 4) is 0 Å². The fourth-order valence-corrected chi connectivity index (χ4v) is 2.84. The van der Waals surface area contributed by atoms with Crippen LogP contribution >= 0.6 is 23.4 Å². The van der Waals surface area contributed by atoms with Crippen LogP contribution in [0.3, 0.4) is 0 Å². The second-order valence-electron chi connectivity index (χ2n) is 4.96. The maximum atomic E-state index is 13.9. The normalized spacial score (nSPS) is 11.3. The fraction of sp³-hybridized carbons (Fsp3) is 0.118. The molecule has 0 N–H and O–H groups in total. The Morgan fingerprint density at radius 3 is 2.67 bits per heavy atom. The van der Waals surface area contributed by atoms with Gasteiger partial charge in [0.05, 0.1) is 11.2 Å². The van der Waals surface area contributed by atoms with Gasteiger partial charge in [-0.05, 0) is 24.0 Å². The summed E-state index contributed by atoms with van der Waals surface area (Å²) in [7, 11) is 0. The van der Waals surface area contributed by atoms with E-state index in [1.165, 1.54) is 24.0 Å². The Bertz CT molecular complexity index is 844. The number of hydrogen-bond donors (Lipinski definition) is 0. The van der Waals surface area contributed by atoms with Gasteiger partial charge in [-0.25, -0.2) is 4.39 Å². The van der Waals surface area contributed by atoms with Gasteiger partial charge in [-0.2, -0.15) is 9.78 Å². The summed E-state index contributed by atoms with van der Waals surface area (Å²) in [6, 6.07) is 14.4. The van der Waals surface area contributed by atoms with E-state index >= 15 is 0 Å². The molecular formula is C17H14ClFN4S. The smallest absolute Gasteiger partial charge is 0.206 e. The van der Waals surface area contributed by atoms with Gasteiger partial charge < -0.3 is 0 Å². The van der Waals surface area contributed by atoms with Crippen LogP contribution in [-0.2, 0) is 6.42 Å². The number of hydrogen-bond acceptors (Lipinski definition) is 4. The summed E-state index contributed by atoms with van der Waals surface area (Å²) < 4.78 is 15.5. The van der Waals surface area contributed by atoms with Crippen LogP contribution in [0, 0.1) is 5.82 Å². The summed E-state index contributed by atoms with van der Waals surface area (Å²) >= 11 is 7.46. The van der Waals surface area contributed by atoms with Crippen LogP contribution in [0.2, 0.25) is 5.02 Å². The first-order chi connectivity index (χ1) is 11.7. The summed E-state index contributed by atoms with van der Waals surface area (Å²) in [4.78, 5) is 0. The highest BCUT2D eigenvalue weighted by molar-refractivity contribution is 7.98. The predicted octanol–water partition coefficient (Wildman–Crippen LogP) is 4.27. The van der Waals surface area contributed by atoms with Gasteiger partial charge in [0.15, 0.2) is 5.82 Å². The molecule has 7 heteroatoms. The second kappa shape index (κ2) is 7.59. The summed E-state index contributed by atoms with van der Waals surface area (Å²) in [6.07, 6.45) is 3.87. The zero-order valence-corrected chi connectivity index (χ0v) is 14.4. The SMILES string of the molecule is CSc1nnc(Cc2ccccc2)n1/N=C\c1c(F)cccc1Cl. The topological polar surface area (TPSA) is 43.1 Å². The van der Waals surface area contributed by atoms with E-state index in [1.54, 1.807) is 16.8 Å². The zero-order valence-electron chi connectivity index (χ0n) is 12.9. The summed E-state index contributed by atoms with van der Waals surface area (Å²) in [5, 5.41) is 13.6. The Labute approximate surface area is 148 Å². The molecule has 1 aromatic heterocycles. The van der Waals surface area contributed by atoms with E-state index in [-0.39, 0.29) is 5.56 Å². The van der Waals surface area contributed by atoms with E-state index < -0.39 is 5.82 Å². The number of aromatic nitrogens is 3. The molecule has 0 fully saturated rings. The molecule has 0 bridgehead atoms. The lowest BCUT2D eigenvalue weighted by atomic mass is 10.1. The molecule has 0 spiro atoms. The molecule has 24 heavy (non-hydrogen) atoms. The molecule has 0 radical (unpaired) electrons. The minimum Gasteiger partial charge on any atom is -0.206 e. The Hall–Kier alpha value is -2.18. The lowest BCUT2D eigenvalue weighted by Crippen LogP contribution is -2.02. The van der Waals surface area contributed by atoms with Crippen molar-refractivity contribution < 1.29 is 4.39 Å². The summed E-state index contributed by atoms with van der Waals surface area (Å²) in [5.74, 6) is 0.254. The van der Waals surface area contributed by atoms with Gasteiger partial charge in [-0.3, -0.25) is 0 Å². The minimum atomic E-state index is -0.422. The molecule has 2 aromatic carbocycles. The summed E-state index contributed by atoms with van der Waals surface area (Å²) in [6.45, 7) is 0. The molecule has 0 aliphatic carbocycles. The number of benzene rings is 2. The van der Waals surface area contributed by atoms with Gasteiger partial charge in [0.2, 0.25) is 5.16 Å². The monoisotopic (exact) mass is 360 g/mol. The lowest BCUT2D eigenvalue weighted by molar-refractivity contribution is 0.625. The third-order valence-corrected chi connectivity index (χ3v) is 4.32. The molecule has 1 heterocycles. The largest absolute Gasteiger partial charge is 0.211 e. The molecule has 3 aromatic rings. The van der Waals surface area contributed by atoms with E-state index in [1.807, 2.05) is 36.6 Å². The van der Waals surface area contributed by atoms with Crippen molar-refractivity contribution >= 4 is 29.6 Å². The second-order valence-corrected chi connectivity index (χ2v) is 6.14. The molecule has 0 unspecified atom stereocenters. The maximum Gasteiger partial charge on any atom is 0.211 e. The first-order valence-corrected chi connectivity index (χ1v) is 8.80. The van der Waals surface area contributed by atoms with Crippen LogP contribution in [0.25, 0.3) is 0 Å². The number of halogens is 2. The molecule has 0 saturated heterocycles. The Morgan fingerprint density at radius 1 is 1.17 bits per heavy atom. The van der Waals surface area contributed by atoms with Crippen molar-refractivity contribution in [1.29, 1.82) is 0 Å². The number of rotatable bonds is 5. The Balaban J connectivity index is 1.95. The maximum absolute atomic E-state index is 13.9. The van der Waals surface area contributed by atoms with Gasteiger partial charge in [0, 0.05) is 12.0 Å². The van der Waals surface area contributed by atoms with Crippen LogP contribution in [0.1, 0.15) is 17.0 Å². The highest BCUT2D eigenvalue weighted by Crippen LogP contribution is 2.19. The molecule has 122 valence electrons. The first kappa shape index (κ1) is 16.7. The van der Waals surface area contributed by atoms with Crippen molar-refractivity contribution in [3.63, 3.8) is 0 Å². The van der Waals surface area contributed by atoms with Gasteiger partial charge in [0.25, 0.3) is 0 Å². The van der Waals surface area contributed by atoms with Crippen LogP contribution in [0.15, 0.2) is 58.8 Å². The van der Waals surface area contributed by atoms with Crippen LogP contribution in [0.5, 0.6) is 0 Å². The Morgan fingerprint density at radius 2 is 1.96 bits per heavy atom. The van der Waals surface area contributed by atoms with Crippen LogP contribution in [0.4, 0.5) is 4.39 Å². The molecular weight excluding hydrogens is 347 g/mol. The standard InChI is InChI=1S/C17H14ClFN4S/c1-24-17-22-21-16(10-12-6-3-2-4-7-12)23(17)20-11-13-14(18)8-5-9-15(13)19/h2-9,11H,10H2,1H3/b20-11-. The van der Waals surface area contributed by atoms with E-state index in [9.17, 15) is 4.39 Å². The van der Waals surface area contributed by atoms with E-state index in [4.69, 9.17) is 11.6 Å². The summed E-state index contributed by atoms with van der Waals surface area (Å²) in [5.41, 5.74) is 1.34. The fourth-order valence-electron chi connectivity index (χ4n) is 2.18. The highest BCUT2D eigenvalue weighted by Gasteiger charge is 2.12. The molecule has 0 aliphatic heterocycles. The van der Waals surface area contributed by atoms with Crippen molar-refractivity contribution in [3.05, 3.63) is 76.3 Å². The molecule has 0 saturated carbocycles. The van der Waals surface area contributed by atoms with E-state index in [0.29, 0.717) is 22.4 Å². The Kier molecular flexibility index (Phi) is 5.27. The van der Waals surface area contributed by atoms with E-state index in [0.717, 1.165) is 5.56 Å². The molecule has 0 amide bonds. The van der Waals surface area contributed by atoms with Gasteiger partial charge in [-0.15, -0.1) is 10.2 Å². The quantitative estimate of drug-likeness (QED) is 0.504. The van der Waals surface area contributed by atoms with Gasteiger partial charge >= 0.3 is 0 Å².